The van der Waals surface area contributed by atoms with Crippen molar-refractivity contribution >= 4 is 11.7 Å². The van der Waals surface area contributed by atoms with Crippen LogP contribution in [-0.2, 0) is 11.0 Å². The number of amides is 1. The molecule has 1 heterocycles. The first-order valence-electron chi connectivity index (χ1n) is 5.84. The number of halogens is 3. The molecule has 1 saturated carbocycles. The summed E-state index contributed by atoms with van der Waals surface area (Å²) in [4.78, 5) is 11.6. The van der Waals surface area contributed by atoms with Gasteiger partial charge in [0.25, 0.3) is 0 Å². The molecule has 1 fully saturated rings. The van der Waals surface area contributed by atoms with Gasteiger partial charge in [0, 0.05) is 6.04 Å². The molecule has 0 aliphatic heterocycles. The molecule has 104 valence electrons. The number of rotatable bonds is 4. The third-order valence-electron chi connectivity index (χ3n) is 2.64. The van der Waals surface area contributed by atoms with Crippen molar-refractivity contribution in [1.82, 2.24) is 15.5 Å². The van der Waals surface area contributed by atoms with Gasteiger partial charge < -0.3 is 10.6 Å². The van der Waals surface area contributed by atoms with Crippen molar-refractivity contribution in [2.75, 3.05) is 5.32 Å². The van der Waals surface area contributed by atoms with Gasteiger partial charge in [0.2, 0.25) is 5.91 Å². The van der Waals surface area contributed by atoms with Gasteiger partial charge in [0.1, 0.15) is 11.9 Å². The minimum absolute atomic E-state index is 0.131. The Bertz CT molecular complexity index is 456. The maximum absolute atomic E-state index is 12.3. The van der Waals surface area contributed by atoms with Crippen LogP contribution in [0.3, 0.4) is 0 Å². The van der Waals surface area contributed by atoms with Crippen molar-refractivity contribution in [2.24, 2.45) is 0 Å². The van der Waals surface area contributed by atoms with E-state index < -0.39 is 17.9 Å². The van der Waals surface area contributed by atoms with Crippen molar-refractivity contribution < 1.29 is 18.0 Å². The van der Waals surface area contributed by atoms with E-state index >= 15 is 0 Å². The highest BCUT2D eigenvalue weighted by molar-refractivity contribution is 5.84. The first-order valence-corrected chi connectivity index (χ1v) is 5.84. The lowest BCUT2D eigenvalue weighted by atomic mass is 10.3. The summed E-state index contributed by atoms with van der Waals surface area (Å²) >= 11 is 0. The normalized spacial score (nSPS) is 16.8. The van der Waals surface area contributed by atoms with Gasteiger partial charge >= 0.3 is 6.18 Å². The summed E-state index contributed by atoms with van der Waals surface area (Å²) in [7, 11) is 0. The van der Waals surface area contributed by atoms with Crippen LogP contribution in [-0.4, -0.2) is 28.2 Å². The predicted octanol–water partition coefficient (Wildman–Crippen LogP) is 1.57. The van der Waals surface area contributed by atoms with Crippen LogP contribution in [0.2, 0.25) is 0 Å². The molecule has 1 amide bonds. The third kappa shape index (κ3) is 3.80. The largest absolute Gasteiger partial charge is 0.435 e. The van der Waals surface area contributed by atoms with E-state index in [0.717, 1.165) is 25.0 Å². The van der Waals surface area contributed by atoms with Crippen LogP contribution >= 0.6 is 0 Å². The number of carbonyl (C=O) groups is 1. The Balaban J connectivity index is 1.93. The molecule has 19 heavy (non-hydrogen) atoms. The number of alkyl halides is 3. The average molecular weight is 274 g/mol. The van der Waals surface area contributed by atoms with Gasteiger partial charge in [-0.2, -0.15) is 13.2 Å². The number of carbonyl (C=O) groups excluding carboxylic acids is 1. The van der Waals surface area contributed by atoms with E-state index in [4.69, 9.17) is 0 Å². The summed E-state index contributed by atoms with van der Waals surface area (Å²) in [5, 5.41) is 11.9. The summed E-state index contributed by atoms with van der Waals surface area (Å²) in [6.07, 6.45) is -2.57. The third-order valence-corrected chi connectivity index (χ3v) is 2.64. The summed E-state index contributed by atoms with van der Waals surface area (Å²) in [5.74, 6) is -0.0735. The van der Waals surface area contributed by atoms with Gasteiger partial charge in [-0.25, -0.2) is 0 Å². The van der Waals surface area contributed by atoms with Gasteiger partial charge in [-0.05, 0) is 31.9 Å². The maximum Gasteiger partial charge on any atom is 0.435 e. The molecular formula is C11H13F3N4O. The quantitative estimate of drug-likeness (QED) is 0.874. The van der Waals surface area contributed by atoms with E-state index in [1.165, 1.54) is 0 Å². The smallest absolute Gasteiger partial charge is 0.357 e. The minimum atomic E-state index is -4.51. The molecule has 5 nitrogen and oxygen atoms in total. The number of hydrogen-bond acceptors (Lipinski definition) is 4. The van der Waals surface area contributed by atoms with Gasteiger partial charge in [-0.3, -0.25) is 4.79 Å². The van der Waals surface area contributed by atoms with Crippen LogP contribution in [0.4, 0.5) is 19.0 Å². The topological polar surface area (TPSA) is 66.9 Å². The summed E-state index contributed by atoms with van der Waals surface area (Å²) in [6, 6.07) is 1.62. The van der Waals surface area contributed by atoms with E-state index in [1.807, 2.05) is 0 Å². The SMILES string of the molecule is CC(Nc1ccc(C(F)(F)F)nn1)C(=O)NC1CC1. The lowest BCUT2D eigenvalue weighted by molar-refractivity contribution is -0.141. The molecule has 1 aliphatic carbocycles. The molecular weight excluding hydrogens is 261 g/mol. The fraction of sp³-hybridized carbons (Fsp3) is 0.545. The zero-order valence-electron chi connectivity index (χ0n) is 10.2. The second-order valence-corrected chi connectivity index (χ2v) is 4.45. The fourth-order valence-corrected chi connectivity index (χ4v) is 1.40. The molecule has 0 radical (unpaired) electrons. The van der Waals surface area contributed by atoms with Crippen LogP contribution in [0.5, 0.6) is 0 Å². The molecule has 1 unspecified atom stereocenters. The molecule has 0 spiro atoms. The van der Waals surface area contributed by atoms with Gasteiger partial charge in [0.05, 0.1) is 0 Å². The van der Waals surface area contributed by atoms with Crippen molar-refractivity contribution in [3.63, 3.8) is 0 Å². The van der Waals surface area contributed by atoms with Gasteiger partial charge in [-0.1, -0.05) is 0 Å². The molecule has 0 aromatic carbocycles. The first-order chi connectivity index (χ1) is 8.86. The average Bonchev–Trinajstić information content (AvgIpc) is 3.12. The zero-order chi connectivity index (χ0) is 14.0. The molecule has 2 rings (SSSR count). The van der Waals surface area contributed by atoms with Crippen molar-refractivity contribution in [2.45, 2.75) is 38.0 Å². The highest BCUT2D eigenvalue weighted by Gasteiger charge is 2.33. The van der Waals surface area contributed by atoms with E-state index in [2.05, 4.69) is 20.8 Å². The van der Waals surface area contributed by atoms with Crippen LogP contribution < -0.4 is 10.6 Å². The second kappa shape index (κ2) is 5.02. The number of hydrogen-bond donors (Lipinski definition) is 2. The predicted molar refractivity (Wildman–Crippen MR) is 61.3 cm³/mol. The number of aromatic nitrogens is 2. The Morgan fingerprint density at radius 3 is 2.53 bits per heavy atom. The number of nitrogens with zero attached hydrogens (tertiary/aromatic N) is 2. The maximum atomic E-state index is 12.3. The highest BCUT2D eigenvalue weighted by Crippen LogP contribution is 2.27. The van der Waals surface area contributed by atoms with Crippen molar-refractivity contribution in [1.29, 1.82) is 0 Å². The summed E-state index contributed by atoms with van der Waals surface area (Å²) in [5.41, 5.74) is -1.06. The van der Waals surface area contributed by atoms with E-state index in [1.54, 1.807) is 6.92 Å². The number of nitrogens with one attached hydrogen (secondary N) is 2. The number of anilines is 1. The minimum Gasteiger partial charge on any atom is -0.357 e. The first kappa shape index (κ1) is 13.6. The molecule has 1 aromatic heterocycles. The lowest BCUT2D eigenvalue weighted by Crippen LogP contribution is -2.38. The van der Waals surface area contributed by atoms with Crippen LogP contribution in [0.15, 0.2) is 12.1 Å². The van der Waals surface area contributed by atoms with Crippen LogP contribution in [0.1, 0.15) is 25.5 Å². The summed E-state index contributed by atoms with van der Waals surface area (Å²) in [6.45, 7) is 1.61. The fourth-order valence-electron chi connectivity index (χ4n) is 1.40. The van der Waals surface area contributed by atoms with Crippen LogP contribution in [0.25, 0.3) is 0 Å². The highest BCUT2D eigenvalue weighted by atomic mass is 19.4. The molecule has 1 aliphatic rings. The molecule has 8 heteroatoms. The summed E-state index contributed by atoms with van der Waals surface area (Å²) < 4.78 is 36.8. The van der Waals surface area contributed by atoms with Crippen LogP contribution in [0, 0.1) is 0 Å². The van der Waals surface area contributed by atoms with Gasteiger partial charge in [0.15, 0.2) is 5.69 Å². The van der Waals surface area contributed by atoms with Gasteiger partial charge in [-0.15, -0.1) is 10.2 Å². The second-order valence-electron chi connectivity index (χ2n) is 4.45. The Labute approximate surface area is 107 Å². The Morgan fingerprint density at radius 1 is 1.37 bits per heavy atom. The molecule has 0 bridgehead atoms. The molecule has 2 N–H and O–H groups in total. The molecule has 1 atom stereocenters. The molecule has 0 saturated heterocycles. The lowest BCUT2D eigenvalue weighted by Gasteiger charge is -2.14. The van der Waals surface area contributed by atoms with Crippen molar-refractivity contribution in [3.8, 4) is 0 Å². The Hall–Kier alpha value is -1.86. The Kier molecular flexibility index (Phi) is 3.59. The van der Waals surface area contributed by atoms with E-state index in [0.29, 0.717) is 0 Å². The Morgan fingerprint density at radius 2 is 2.05 bits per heavy atom. The van der Waals surface area contributed by atoms with E-state index in [9.17, 15) is 18.0 Å². The molecule has 1 aromatic rings. The monoisotopic (exact) mass is 274 g/mol. The van der Waals surface area contributed by atoms with E-state index in [-0.39, 0.29) is 17.8 Å². The zero-order valence-corrected chi connectivity index (χ0v) is 10.2. The standard InChI is InChI=1S/C11H13F3N4O/c1-6(10(19)16-7-2-3-7)15-9-5-4-8(17-18-9)11(12,13)14/h4-7H,2-3H2,1H3,(H,15,18)(H,16,19). The van der Waals surface area contributed by atoms with Crippen molar-refractivity contribution in [3.05, 3.63) is 17.8 Å².